The summed E-state index contributed by atoms with van der Waals surface area (Å²) in [4.78, 5) is 0. The minimum Gasteiger partial charge on any atom is -0.394 e. The molecule has 0 amide bonds. The zero-order valence-electron chi connectivity index (χ0n) is 10.2. The number of aliphatic hydroxyl groups is 2. The van der Waals surface area contributed by atoms with Crippen LogP contribution in [0.4, 0.5) is 0 Å². The molecule has 0 aliphatic heterocycles. The van der Waals surface area contributed by atoms with E-state index in [-0.39, 0.29) is 24.3 Å². The molecule has 0 spiro atoms. The normalized spacial score (nSPS) is 36.2. The summed E-state index contributed by atoms with van der Waals surface area (Å²) < 4.78 is 0. The van der Waals surface area contributed by atoms with Gasteiger partial charge in [0.2, 0.25) is 0 Å². The van der Waals surface area contributed by atoms with E-state index < -0.39 is 0 Å². The van der Waals surface area contributed by atoms with E-state index in [2.05, 4.69) is 12.2 Å². The second kappa shape index (κ2) is 5.28. The molecule has 3 nitrogen and oxygen atoms in total. The van der Waals surface area contributed by atoms with Gasteiger partial charge in [-0.05, 0) is 32.6 Å². The molecule has 15 heavy (non-hydrogen) atoms. The largest absolute Gasteiger partial charge is 0.394 e. The molecule has 4 atom stereocenters. The molecular weight excluding hydrogens is 190 g/mol. The molecule has 0 heterocycles. The fraction of sp³-hybridized carbons (Fsp3) is 1.00. The fourth-order valence-corrected chi connectivity index (χ4v) is 2.58. The van der Waals surface area contributed by atoms with E-state index >= 15 is 0 Å². The van der Waals surface area contributed by atoms with Crippen molar-refractivity contribution in [2.75, 3.05) is 6.61 Å². The third kappa shape index (κ3) is 3.44. The van der Waals surface area contributed by atoms with Crippen molar-refractivity contribution >= 4 is 0 Å². The van der Waals surface area contributed by atoms with E-state index in [1.54, 1.807) is 6.92 Å². The van der Waals surface area contributed by atoms with Crippen LogP contribution in [0, 0.1) is 5.92 Å². The molecule has 0 aromatic heterocycles. The lowest BCUT2D eigenvalue weighted by atomic mass is 9.76. The van der Waals surface area contributed by atoms with Gasteiger partial charge in [-0.3, -0.25) is 0 Å². The van der Waals surface area contributed by atoms with Gasteiger partial charge in [0.05, 0.1) is 12.7 Å². The SMILES string of the molecule is CC1CCCC(CO)(NC(C)C(C)O)C1. The molecule has 0 bridgehead atoms. The Balaban J connectivity index is 2.59. The quantitative estimate of drug-likeness (QED) is 0.662. The number of rotatable bonds is 4. The molecule has 0 saturated heterocycles. The summed E-state index contributed by atoms with van der Waals surface area (Å²) in [5.74, 6) is 0.666. The molecule has 4 unspecified atom stereocenters. The van der Waals surface area contributed by atoms with Gasteiger partial charge in [-0.15, -0.1) is 0 Å². The van der Waals surface area contributed by atoms with E-state index in [1.165, 1.54) is 12.8 Å². The Morgan fingerprint density at radius 2 is 2.13 bits per heavy atom. The molecule has 1 saturated carbocycles. The Hall–Kier alpha value is -0.120. The van der Waals surface area contributed by atoms with Gasteiger partial charge in [-0.1, -0.05) is 19.8 Å². The third-order valence-corrected chi connectivity index (χ3v) is 3.65. The predicted octanol–water partition coefficient (Wildman–Crippen LogP) is 1.29. The lowest BCUT2D eigenvalue weighted by Gasteiger charge is -2.42. The molecular formula is C12H25NO2. The zero-order valence-corrected chi connectivity index (χ0v) is 10.2. The van der Waals surface area contributed by atoms with Crippen LogP contribution in [-0.4, -0.2) is 34.5 Å². The molecule has 90 valence electrons. The van der Waals surface area contributed by atoms with Crippen molar-refractivity contribution in [1.29, 1.82) is 0 Å². The monoisotopic (exact) mass is 215 g/mol. The smallest absolute Gasteiger partial charge is 0.0662 e. The molecule has 0 aromatic rings. The van der Waals surface area contributed by atoms with Crippen LogP contribution in [0.25, 0.3) is 0 Å². The summed E-state index contributed by atoms with van der Waals surface area (Å²) in [6.07, 6.45) is 4.09. The number of nitrogens with one attached hydrogen (secondary N) is 1. The number of hydrogen-bond donors (Lipinski definition) is 3. The molecule has 1 rings (SSSR count). The molecule has 1 fully saturated rings. The Bertz CT molecular complexity index is 196. The van der Waals surface area contributed by atoms with Crippen molar-refractivity contribution in [2.45, 2.75) is 64.1 Å². The average Bonchev–Trinajstić information content (AvgIpc) is 2.17. The van der Waals surface area contributed by atoms with Gasteiger partial charge in [0.25, 0.3) is 0 Å². The molecule has 0 aromatic carbocycles. The van der Waals surface area contributed by atoms with Crippen LogP contribution in [0.15, 0.2) is 0 Å². The first-order valence-electron chi connectivity index (χ1n) is 6.06. The Morgan fingerprint density at radius 1 is 1.47 bits per heavy atom. The Labute approximate surface area is 92.9 Å². The highest BCUT2D eigenvalue weighted by Crippen LogP contribution is 2.32. The van der Waals surface area contributed by atoms with Crippen LogP contribution in [0.2, 0.25) is 0 Å². The first-order valence-corrected chi connectivity index (χ1v) is 6.06. The van der Waals surface area contributed by atoms with Crippen LogP contribution in [0.5, 0.6) is 0 Å². The van der Waals surface area contributed by atoms with Gasteiger partial charge in [0, 0.05) is 11.6 Å². The summed E-state index contributed by atoms with van der Waals surface area (Å²) in [7, 11) is 0. The van der Waals surface area contributed by atoms with E-state index in [0.29, 0.717) is 5.92 Å². The summed E-state index contributed by atoms with van der Waals surface area (Å²) in [5.41, 5.74) is -0.159. The second-order valence-electron chi connectivity index (χ2n) is 5.31. The van der Waals surface area contributed by atoms with Crippen LogP contribution in [0.1, 0.15) is 46.5 Å². The van der Waals surface area contributed by atoms with Crippen LogP contribution < -0.4 is 5.32 Å². The molecule has 0 radical (unpaired) electrons. The maximum atomic E-state index is 9.55. The molecule has 3 heteroatoms. The third-order valence-electron chi connectivity index (χ3n) is 3.65. The minimum absolute atomic E-state index is 0.0439. The van der Waals surface area contributed by atoms with Crippen LogP contribution >= 0.6 is 0 Å². The van der Waals surface area contributed by atoms with Crippen molar-refractivity contribution in [3.05, 3.63) is 0 Å². The highest BCUT2D eigenvalue weighted by molar-refractivity contribution is 4.94. The highest BCUT2D eigenvalue weighted by atomic mass is 16.3. The van der Waals surface area contributed by atoms with E-state index in [4.69, 9.17) is 0 Å². The fourth-order valence-electron chi connectivity index (χ4n) is 2.58. The van der Waals surface area contributed by atoms with Crippen molar-refractivity contribution in [3.8, 4) is 0 Å². The van der Waals surface area contributed by atoms with Crippen molar-refractivity contribution < 1.29 is 10.2 Å². The zero-order chi connectivity index (χ0) is 11.5. The topological polar surface area (TPSA) is 52.5 Å². The maximum Gasteiger partial charge on any atom is 0.0662 e. The summed E-state index contributed by atoms with van der Waals surface area (Å²) in [6, 6.07) is 0.0439. The van der Waals surface area contributed by atoms with Crippen LogP contribution in [0.3, 0.4) is 0 Å². The van der Waals surface area contributed by atoms with Gasteiger partial charge in [0.15, 0.2) is 0 Å². The summed E-state index contributed by atoms with van der Waals surface area (Å²) >= 11 is 0. The Morgan fingerprint density at radius 3 is 2.60 bits per heavy atom. The van der Waals surface area contributed by atoms with Crippen molar-refractivity contribution in [2.24, 2.45) is 5.92 Å². The van der Waals surface area contributed by atoms with E-state index in [1.807, 2.05) is 6.92 Å². The molecule has 3 N–H and O–H groups in total. The van der Waals surface area contributed by atoms with E-state index in [9.17, 15) is 10.2 Å². The van der Waals surface area contributed by atoms with Crippen molar-refractivity contribution in [1.82, 2.24) is 5.32 Å². The summed E-state index contributed by atoms with van der Waals surface area (Å²) in [5, 5.41) is 22.4. The number of aliphatic hydroxyl groups excluding tert-OH is 2. The molecule has 1 aliphatic carbocycles. The first-order chi connectivity index (χ1) is 6.99. The predicted molar refractivity (Wildman–Crippen MR) is 61.7 cm³/mol. The van der Waals surface area contributed by atoms with Gasteiger partial charge in [-0.2, -0.15) is 0 Å². The van der Waals surface area contributed by atoms with Crippen molar-refractivity contribution in [3.63, 3.8) is 0 Å². The van der Waals surface area contributed by atoms with Crippen LogP contribution in [-0.2, 0) is 0 Å². The first kappa shape index (κ1) is 12.9. The average molecular weight is 215 g/mol. The number of hydrogen-bond acceptors (Lipinski definition) is 3. The highest BCUT2D eigenvalue weighted by Gasteiger charge is 2.35. The second-order valence-corrected chi connectivity index (χ2v) is 5.31. The lowest BCUT2D eigenvalue weighted by molar-refractivity contribution is 0.0607. The Kier molecular flexibility index (Phi) is 4.56. The van der Waals surface area contributed by atoms with Gasteiger partial charge in [-0.25, -0.2) is 0 Å². The van der Waals surface area contributed by atoms with E-state index in [0.717, 1.165) is 12.8 Å². The molecule has 1 aliphatic rings. The minimum atomic E-state index is -0.370. The van der Waals surface area contributed by atoms with Gasteiger partial charge < -0.3 is 15.5 Å². The van der Waals surface area contributed by atoms with Gasteiger partial charge in [0.1, 0.15) is 0 Å². The summed E-state index contributed by atoms with van der Waals surface area (Å²) in [6.45, 7) is 6.17. The lowest BCUT2D eigenvalue weighted by Crippen LogP contribution is -2.56. The standard InChI is InChI=1S/C12H25NO2/c1-9-5-4-6-12(7-9,8-14)13-10(2)11(3)15/h9-11,13-15H,4-8H2,1-3H3. The van der Waals surface area contributed by atoms with Gasteiger partial charge >= 0.3 is 0 Å². The maximum absolute atomic E-state index is 9.55.